The molecular formula is C21H17N3O3S2. The normalized spacial score (nSPS) is 11.3. The van der Waals surface area contributed by atoms with E-state index in [1.165, 1.54) is 23.5 Å². The van der Waals surface area contributed by atoms with Crippen LogP contribution in [0.1, 0.15) is 15.9 Å². The summed E-state index contributed by atoms with van der Waals surface area (Å²) in [5.41, 5.74) is 2.16. The van der Waals surface area contributed by atoms with Crippen LogP contribution < -0.4 is 10.0 Å². The first-order valence-electron chi connectivity index (χ1n) is 8.78. The number of aryl methyl sites for hydroxylation is 1. The molecular weight excluding hydrogens is 406 g/mol. The molecule has 146 valence electrons. The number of carbonyl (C=O) groups excluding carboxylic acids is 1. The van der Waals surface area contributed by atoms with Gasteiger partial charge in [0.1, 0.15) is 0 Å². The zero-order valence-electron chi connectivity index (χ0n) is 15.4. The number of carbonyl (C=O) groups is 1. The van der Waals surface area contributed by atoms with Gasteiger partial charge in [0.2, 0.25) is 0 Å². The Hall–Kier alpha value is -3.23. The van der Waals surface area contributed by atoms with E-state index in [0.717, 1.165) is 15.8 Å². The van der Waals surface area contributed by atoms with E-state index in [-0.39, 0.29) is 16.1 Å². The van der Waals surface area contributed by atoms with Crippen LogP contribution in [0.3, 0.4) is 0 Å². The lowest BCUT2D eigenvalue weighted by Gasteiger charge is -2.12. The smallest absolute Gasteiger partial charge is 0.261 e. The third-order valence-electron chi connectivity index (χ3n) is 4.26. The number of nitrogens with one attached hydrogen (secondary N) is 2. The van der Waals surface area contributed by atoms with Crippen LogP contribution in [0.5, 0.6) is 0 Å². The average Bonchev–Trinajstić information content (AvgIpc) is 3.10. The molecule has 1 aromatic heterocycles. The van der Waals surface area contributed by atoms with Crippen molar-refractivity contribution in [1.29, 1.82) is 0 Å². The first-order valence-corrected chi connectivity index (χ1v) is 11.1. The van der Waals surface area contributed by atoms with E-state index >= 15 is 0 Å². The number of sulfonamides is 1. The fourth-order valence-electron chi connectivity index (χ4n) is 2.78. The van der Waals surface area contributed by atoms with Crippen LogP contribution in [-0.2, 0) is 10.0 Å². The van der Waals surface area contributed by atoms with Crippen molar-refractivity contribution in [2.24, 2.45) is 0 Å². The molecule has 0 spiro atoms. The van der Waals surface area contributed by atoms with Crippen molar-refractivity contribution in [3.8, 4) is 0 Å². The van der Waals surface area contributed by atoms with Crippen molar-refractivity contribution in [3.63, 3.8) is 0 Å². The number of fused-ring (bicyclic) bond motifs is 1. The molecule has 8 heteroatoms. The highest BCUT2D eigenvalue weighted by Gasteiger charge is 2.19. The van der Waals surface area contributed by atoms with Crippen LogP contribution >= 0.6 is 11.3 Å². The highest BCUT2D eigenvalue weighted by atomic mass is 32.2. The monoisotopic (exact) mass is 423 g/mol. The Morgan fingerprint density at radius 1 is 0.931 bits per heavy atom. The minimum absolute atomic E-state index is 0.129. The average molecular weight is 424 g/mol. The van der Waals surface area contributed by atoms with Crippen LogP contribution in [0.2, 0.25) is 0 Å². The van der Waals surface area contributed by atoms with Gasteiger partial charge in [-0.3, -0.25) is 14.8 Å². The first kappa shape index (κ1) is 19.1. The Morgan fingerprint density at radius 2 is 1.62 bits per heavy atom. The molecule has 1 amide bonds. The number of aromatic nitrogens is 1. The predicted molar refractivity (Wildman–Crippen MR) is 116 cm³/mol. The lowest BCUT2D eigenvalue weighted by atomic mass is 10.2. The highest BCUT2D eigenvalue weighted by Crippen LogP contribution is 2.27. The van der Waals surface area contributed by atoms with Crippen LogP contribution in [0.4, 0.5) is 10.8 Å². The molecule has 0 fully saturated rings. The van der Waals surface area contributed by atoms with E-state index in [0.29, 0.717) is 5.13 Å². The van der Waals surface area contributed by atoms with Gasteiger partial charge in [0, 0.05) is 0 Å². The van der Waals surface area contributed by atoms with E-state index in [1.807, 2.05) is 31.2 Å². The maximum atomic E-state index is 12.8. The van der Waals surface area contributed by atoms with Gasteiger partial charge >= 0.3 is 0 Å². The molecule has 0 aliphatic rings. The van der Waals surface area contributed by atoms with Crippen molar-refractivity contribution in [3.05, 3.63) is 83.9 Å². The van der Waals surface area contributed by atoms with Gasteiger partial charge in [-0.1, -0.05) is 53.3 Å². The van der Waals surface area contributed by atoms with Crippen LogP contribution in [0, 0.1) is 6.92 Å². The van der Waals surface area contributed by atoms with Crippen LogP contribution in [0.15, 0.2) is 77.7 Å². The molecule has 0 radical (unpaired) electrons. The molecule has 0 saturated heterocycles. The van der Waals surface area contributed by atoms with Gasteiger partial charge in [0.15, 0.2) is 5.13 Å². The van der Waals surface area contributed by atoms with Gasteiger partial charge in [-0.25, -0.2) is 13.4 Å². The second-order valence-electron chi connectivity index (χ2n) is 6.41. The number of para-hydroxylation sites is 2. The summed E-state index contributed by atoms with van der Waals surface area (Å²) >= 11 is 1.36. The molecule has 0 atom stereocenters. The molecule has 4 aromatic rings. The number of hydrogen-bond acceptors (Lipinski definition) is 5. The van der Waals surface area contributed by atoms with Crippen molar-refractivity contribution < 1.29 is 13.2 Å². The third-order valence-corrected chi connectivity index (χ3v) is 6.59. The fourth-order valence-corrected chi connectivity index (χ4v) is 4.72. The summed E-state index contributed by atoms with van der Waals surface area (Å²) in [7, 11) is -3.82. The van der Waals surface area contributed by atoms with E-state index in [2.05, 4.69) is 15.0 Å². The van der Waals surface area contributed by atoms with Gasteiger partial charge in [-0.15, -0.1) is 0 Å². The molecule has 0 aliphatic carbocycles. The number of nitrogens with zero attached hydrogens (tertiary/aromatic N) is 1. The van der Waals surface area contributed by atoms with Crippen LogP contribution in [0.25, 0.3) is 10.2 Å². The van der Waals surface area contributed by atoms with Gasteiger partial charge < -0.3 is 0 Å². The van der Waals surface area contributed by atoms with E-state index in [9.17, 15) is 13.2 Å². The molecule has 3 aromatic carbocycles. The quantitative estimate of drug-likeness (QED) is 0.489. The summed E-state index contributed by atoms with van der Waals surface area (Å²) < 4.78 is 28.9. The predicted octanol–water partition coefficient (Wildman–Crippen LogP) is 4.66. The van der Waals surface area contributed by atoms with Gasteiger partial charge in [-0.05, 0) is 43.3 Å². The fraction of sp³-hybridized carbons (Fsp3) is 0.0476. The van der Waals surface area contributed by atoms with Crippen molar-refractivity contribution in [2.45, 2.75) is 11.8 Å². The number of amides is 1. The summed E-state index contributed by atoms with van der Waals surface area (Å²) in [6.45, 7) is 1.88. The Kier molecular flexibility index (Phi) is 5.04. The first-order chi connectivity index (χ1) is 13.9. The second kappa shape index (κ2) is 7.65. The van der Waals surface area contributed by atoms with E-state index in [1.54, 1.807) is 36.4 Å². The molecule has 0 bridgehead atoms. The number of thiazole rings is 1. The molecule has 1 heterocycles. The Bertz CT molecular complexity index is 1260. The molecule has 0 aliphatic heterocycles. The molecule has 0 unspecified atom stereocenters. The zero-order valence-corrected chi connectivity index (χ0v) is 17.0. The number of hydrogen-bond donors (Lipinski definition) is 2. The molecule has 29 heavy (non-hydrogen) atoms. The largest absolute Gasteiger partial charge is 0.298 e. The minimum atomic E-state index is -3.82. The minimum Gasteiger partial charge on any atom is -0.298 e. The summed E-state index contributed by atoms with van der Waals surface area (Å²) in [5.74, 6) is -0.439. The second-order valence-corrected chi connectivity index (χ2v) is 9.12. The van der Waals surface area contributed by atoms with Gasteiger partial charge in [-0.2, -0.15) is 0 Å². The maximum absolute atomic E-state index is 12.8. The number of anilines is 2. The van der Waals surface area contributed by atoms with Gasteiger partial charge in [0.25, 0.3) is 15.9 Å². The summed E-state index contributed by atoms with van der Waals surface area (Å²) in [6, 6.07) is 20.5. The van der Waals surface area contributed by atoms with Crippen LogP contribution in [-0.4, -0.2) is 19.3 Å². The lowest BCUT2D eigenvalue weighted by molar-refractivity contribution is 0.102. The zero-order chi connectivity index (χ0) is 20.4. The van der Waals surface area contributed by atoms with Crippen molar-refractivity contribution in [2.75, 3.05) is 10.0 Å². The molecule has 2 N–H and O–H groups in total. The maximum Gasteiger partial charge on any atom is 0.261 e. The van der Waals surface area contributed by atoms with E-state index in [4.69, 9.17) is 0 Å². The summed E-state index contributed by atoms with van der Waals surface area (Å²) in [4.78, 5) is 17.3. The summed E-state index contributed by atoms with van der Waals surface area (Å²) in [6.07, 6.45) is 0. The number of benzene rings is 3. The molecule has 0 saturated carbocycles. The van der Waals surface area contributed by atoms with E-state index < -0.39 is 15.9 Å². The van der Waals surface area contributed by atoms with Gasteiger partial charge in [0.05, 0.1) is 26.4 Å². The van der Waals surface area contributed by atoms with Crippen molar-refractivity contribution in [1.82, 2.24) is 4.98 Å². The SMILES string of the molecule is Cc1ccc(S(=O)(=O)Nc2ccccc2C(=O)Nc2nc3ccccc3s2)cc1. The molecule has 4 rings (SSSR count). The summed E-state index contributed by atoms with van der Waals surface area (Å²) in [5, 5.41) is 3.21. The highest BCUT2D eigenvalue weighted by molar-refractivity contribution is 7.92. The number of rotatable bonds is 5. The standard InChI is InChI=1S/C21H17N3O3S2/c1-14-10-12-15(13-11-14)29(26,27)24-17-7-3-2-6-16(17)20(25)23-21-22-18-8-4-5-9-19(18)28-21/h2-13,24H,1H3,(H,22,23,25). The van der Waals surface area contributed by atoms with Crippen molar-refractivity contribution >= 4 is 48.3 Å². The Morgan fingerprint density at radius 3 is 2.38 bits per heavy atom. The third kappa shape index (κ3) is 4.13. The Labute approximate surface area is 172 Å². The lowest BCUT2D eigenvalue weighted by Crippen LogP contribution is -2.18. The molecule has 6 nitrogen and oxygen atoms in total. The topological polar surface area (TPSA) is 88.2 Å². The Balaban J connectivity index is 1.60.